The van der Waals surface area contributed by atoms with E-state index in [1.165, 1.54) is 5.56 Å². The molecule has 2 rings (SSSR count). The summed E-state index contributed by atoms with van der Waals surface area (Å²) < 4.78 is 10.7. The number of ether oxygens (including phenoxy) is 2. The number of likely N-dealkylation sites (N-methyl/N-ethyl adjacent to an activating group) is 1. The molecule has 0 unspecified atom stereocenters. The molecular weight excluding hydrogens is 294 g/mol. The molecule has 23 heavy (non-hydrogen) atoms. The van der Waals surface area contributed by atoms with Gasteiger partial charge in [0.15, 0.2) is 18.1 Å². The molecule has 1 amide bonds. The summed E-state index contributed by atoms with van der Waals surface area (Å²) in [4.78, 5) is 15.7. The van der Waals surface area contributed by atoms with Gasteiger partial charge in [-0.1, -0.05) is 6.07 Å². The molecule has 1 aromatic carbocycles. The van der Waals surface area contributed by atoms with Crippen LogP contribution in [0.2, 0.25) is 0 Å². The van der Waals surface area contributed by atoms with E-state index in [2.05, 4.69) is 16.8 Å². The maximum absolute atomic E-state index is 10.8. The van der Waals surface area contributed by atoms with E-state index in [1.54, 1.807) is 7.11 Å². The molecular formula is C17H27N3O3. The molecule has 0 saturated carbocycles. The highest BCUT2D eigenvalue weighted by Gasteiger charge is 2.13. The van der Waals surface area contributed by atoms with Crippen molar-refractivity contribution in [1.29, 1.82) is 0 Å². The second kappa shape index (κ2) is 8.74. The average Bonchev–Trinajstić information content (AvgIpc) is 2.55. The summed E-state index contributed by atoms with van der Waals surface area (Å²) in [5.41, 5.74) is 6.31. The topological polar surface area (TPSA) is 68.0 Å². The van der Waals surface area contributed by atoms with Gasteiger partial charge >= 0.3 is 0 Å². The number of rotatable bonds is 8. The second-order valence-electron chi connectivity index (χ2n) is 5.99. The fourth-order valence-electron chi connectivity index (χ4n) is 2.71. The number of hydrogen-bond acceptors (Lipinski definition) is 5. The summed E-state index contributed by atoms with van der Waals surface area (Å²) in [6.45, 7) is 5.59. The first kappa shape index (κ1) is 17.6. The lowest BCUT2D eigenvalue weighted by molar-refractivity contribution is -0.119. The minimum atomic E-state index is -0.497. The van der Waals surface area contributed by atoms with Crippen LogP contribution in [0.4, 0.5) is 0 Å². The van der Waals surface area contributed by atoms with E-state index in [4.69, 9.17) is 15.2 Å². The number of piperazine rings is 1. The summed E-state index contributed by atoms with van der Waals surface area (Å²) in [6.07, 6.45) is 2.12. The zero-order valence-corrected chi connectivity index (χ0v) is 14.1. The molecule has 1 heterocycles. The zero-order valence-electron chi connectivity index (χ0n) is 14.1. The lowest BCUT2D eigenvalue weighted by Gasteiger charge is -2.32. The van der Waals surface area contributed by atoms with Gasteiger partial charge in [-0.3, -0.25) is 4.79 Å². The van der Waals surface area contributed by atoms with E-state index in [-0.39, 0.29) is 6.61 Å². The Bertz CT molecular complexity index is 514. The van der Waals surface area contributed by atoms with Crippen LogP contribution in [0.1, 0.15) is 12.0 Å². The van der Waals surface area contributed by atoms with Gasteiger partial charge in [0, 0.05) is 26.2 Å². The van der Waals surface area contributed by atoms with Gasteiger partial charge in [0.2, 0.25) is 0 Å². The van der Waals surface area contributed by atoms with Crippen LogP contribution < -0.4 is 15.2 Å². The van der Waals surface area contributed by atoms with Gasteiger partial charge in [-0.2, -0.15) is 0 Å². The van der Waals surface area contributed by atoms with Crippen LogP contribution in [0.25, 0.3) is 0 Å². The Morgan fingerprint density at radius 2 is 1.96 bits per heavy atom. The Kier molecular flexibility index (Phi) is 6.67. The number of carbonyl (C=O) groups is 1. The molecule has 0 aromatic heterocycles. The lowest BCUT2D eigenvalue weighted by Crippen LogP contribution is -2.44. The molecule has 1 aromatic rings. The van der Waals surface area contributed by atoms with E-state index in [0.29, 0.717) is 11.5 Å². The Morgan fingerprint density at radius 1 is 1.22 bits per heavy atom. The molecule has 1 saturated heterocycles. The third-order valence-electron chi connectivity index (χ3n) is 4.13. The van der Waals surface area contributed by atoms with Crippen molar-refractivity contribution in [3.8, 4) is 11.5 Å². The van der Waals surface area contributed by atoms with Crippen LogP contribution >= 0.6 is 0 Å². The summed E-state index contributed by atoms with van der Waals surface area (Å²) in [5, 5.41) is 0. The zero-order chi connectivity index (χ0) is 16.7. The van der Waals surface area contributed by atoms with Crippen molar-refractivity contribution < 1.29 is 14.3 Å². The molecule has 0 bridgehead atoms. The fraction of sp³-hybridized carbons (Fsp3) is 0.588. The van der Waals surface area contributed by atoms with Gasteiger partial charge in [0.1, 0.15) is 0 Å². The normalized spacial score (nSPS) is 16.3. The summed E-state index contributed by atoms with van der Waals surface area (Å²) in [7, 11) is 3.77. The molecule has 1 aliphatic heterocycles. The summed E-state index contributed by atoms with van der Waals surface area (Å²) >= 11 is 0. The highest BCUT2D eigenvalue weighted by molar-refractivity contribution is 5.75. The number of hydrogen-bond donors (Lipinski definition) is 1. The third-order valence-corrected chi connectivity index (χ3v) is 4.13. The van der Waals surface area contributed by atoms with Crippen molar-refractivity contribution in [3.05, 3.63) is 23.8 Å². The molecule has 1 fully saturated rings. The van der Waals surface area contributed by atoms with Gasteiger partial charge in [-0.25, -0.2) is 0 Å². The highest BCUT2D eigenvalue weighted by Crippen LogP contribution is 2.28. The van der Waals surface area contributed by atoms with Crippen LogP contribution in [0.5, 0.6) is 11.5 Å². The molecule has 128 valence electrons. The number of amides is 1. The quantitative estimate of drug-likeness (QED) is 0.765. The second-order valence-corrected chi connectivity index (χ2v) is 5.99. The third kappa shape index (κ3) is 5.73. The van der Waals surface area contributed by atoms with Gasteiger partial charge in [0.05, 0.1) is 7.11 Å². The number of carbonyl (C=O) groups excluding carboxylic acids is 1. The van der Waals surface area contributed by atoms with Crippen molar-refractivity contribution in [2.24, 2.45) is 5.73 Å². The lowest BCUT2D eigenvalue weighted by atomic mass is 10.1. The van der Waals surface area contributed by atoms with Crippen molar-refractivity contribution in [2.75, 3.05) is 53.5 Å². The molecule has 0 spiro atoms. The molecule has 0 aliphatic carbocycles. The van der Waals surface area contributed by atoms with E-state index in [0.717, 1.165) is 45.6 Å². The van der Waals surface area contributed by atoms with E-state index < -0.39 is 5.91 Å². The Balaban J connectivity index is 1.82. The summed E-state index contributed by atoms with van der Waals surface area (Å²) in [6, 6.07) is 5.83. The monoisotopic (exact) mass is 321 g/mol. The first-order chi connectivity index (χ1) is 11.1. The molecule has 0 atom stereocenters. The number of methoxy groups -OCH3 is 1. The minimum absolute atomic E-state index is 0.140. The van der Waals surface area contributed by atoms with Gasteiger partial charge in [0.25, 0.3) is 5.91 Å². The van der Waals surface area contributed by atoms with Crippen LogP contribution in [0.3, 0.4) is 0 Å². The van der Waals surface area contributed by atoms with E-state index in [9.17, 15) is 4.79 Å². The SMILES string of the molecule is COc1cc(CCCN2CCN(C)CC2)ccc1OCC(N)=O. The van der Waals surface area contributed by atoms with Crippen LogP contribution in [-0.4, -0.2) is 69.2 Å². The van der Waals surface area contributed by atoms with Crippen LogP contribution in [0.15, 0.2) is 18.2 Å². The van der Waals surface area contributed by atoms with Crippen LogP contribution in [0, 0.1) is 0 Å². The predicted molar refractivity (Wildman–Crippen MR) is 89.9 cm³/mol. The number of primary amides is 1. The van der Waals surface area contributed by atoms with Gasteiger partial charge in [-0.15, -0.1) is 0 Å². The van der Waals surface area contributed by atoms with Crippen molar-refractivity contribution in [3.63, 3.8) is 0 Å². The predicted octanol–water partition coefficient (Wildman–Crippen LogP) is 0.739. The maximum atomic E-state index is 10.8. The number of nitrogens with zero attached hydrogens (tertiary/aromatic N) is 2. The Hall–Kier alpha value is -1.79. The number of aryl methyl sites for hydroxylation is 1. The molecule has 0 radical (unpaired) electrons. The summed E-state index contributed by atoms with van der Waals surface area (Å²) in [5.74, 6) is 0.695. The first-order valence-electron chi connectivity index (χ1n) is 8.07. The van der Waals surface area contributed by atoms with E-state index >= 15 is 0 Å². The van der Waals surface area contributed by atoms with Gasteiger partial charge < -0.3 is 25.0 Å². The first-order valence-corrected chi connectivity index (χ1v) is 8.07. The standard InChI is InChI=1S/C17H27N3O3/c1-19-8-10-20(11-9-19)7-3-4-14-5-6-15(16(12-14)22-2)23-13-17(18)21/h5-6,12H,3-4,7-11,13H2,1-2H3,(H2,18,21). The van der Waals surface area contributed by atoms with Crippen LogP contribution in [-0.2, 0) is 11.2 Å². The van der Waals surface area contributed by atoms with Crippen molar-refractivity contribution >= 4 is 5.91 Å². The number of benzene rings is 1. The van der Waals surface area contributed by atoms with E-state index in [1.807, 2.05) is 18.2 Å². The Labute approximate surface area is 138 Å². The average molecular weight is 321 g/mol. The molecule has 1 aliphatic rings. The van der Waals surface area contributed by atoms with Crippen molar-refractivity contribution in [2.45, 2.75) is 12.8 Å². The fourth-order valence-corrected chi connectivity index (χ4v) is 2.71. The minimum Gasteiger partial charge on any atom is -0.493 e. The largest absolute Gasteiger partial charge is 0.493 e. The Morgan fingerprint density at radius 3 is 2.61 bits per heavy atom. The smallest absolute Gasteiger partial charge is 0.255 e. The molecule has 6 heteroatoms. The molecule has 6 nitrogen and oxygen atoms in total. The highest BCUT2D eigenvalue weighted by atomic mass is 16.5. The maximum Gasteiger partial charge on any atom is 0.255 e. The number of nitrogens with two attached hydrogens (primary N) is 1. The van der Waals surface area contributed by atoms with Gasteiger partial charge in [-0.05, 0) is 44.1 Å². The van der Waals surface area contributed by atoms with Crippen molar-refractivity contribution in [1.82, 2.24) is 9.80 Å². The molecule has 2 N–H and O–H groups in total.